The first-order chi connectivity index (χ1) is 5.33. The minimum absolute atomic E-state index is 0.0608. The third-order valence-corrected chi connectivity index (χ3v) is 1.48. The summed E-state index contributed by atoms with van der Waals surface area (Å²) < 4.78 is 1.97. The Bertz CT molecular complexity index is 247. The Morgan fingerprint density at radius 3 is 2.64 bits per heavy atom. The van der Waals surface area contributed by atoms with E-state index in [0.717, 1.165) is 13.1 Å². The number of nitrogens with zero attached hydrogens (tertiary/aromatic N) is 1. The summed E-state index contributed by atoms with van der Waals surface area (Å²) in [5, 5.41) is 3.03. The largest absolute Gasteiger partial charge is 0.353 e. The number of nitrogens with one attached hydrogen (secondary N) is 1. The highest BCUT2D eigenvalue weighted by Crippen LogP contribution is 1.81. The van der Waals surface area contributed by atoms with Gasteiger partial charge in [0.15, 0.2) is 5.43 Å². The summed E-state index contributed by atoms with van der Waals surface area (Å²) in [6.45, 7) is 1.82. The van der Waals surface area contributed by atoms with Crippen molar-refractivity contribution in [2.24, 2.45) is 0 Å². The van der Waals surface area contributed by atoms with E-state index in [0.29, 0.717) is 0 Å². The van der Waals surface area contributed by atoms with Crippen LogP contribution in [-0.2, 0) is 6.54 Å². The molecule has 0 aliphatic rings. The number of pyridine rings is 1. The lowest BCUT2D eigenvalue weighted by Crippen LogP contribution is -2.15. The Morgan fingerprint density at radius 1 is 1.45 bits per heavy atom. The molecule has 3 heteroatoms. The average Bonchev–Trinajstić information content (AvgIpc) is 2.04. The van der Waals surface area contributed by atoms with E-state index in [2.05, 4.69) is 5.32 Å². The number of likely N-dealkylation sites (N-methyl/N-ethyl adjacent to an activating group) is 1. The molecule has 60 valence electrons. The van der Waals surface area contributed by atoms with Gasteiger partial charge in [-0.1, -0.05) is 0 Å². The SMILES string of the molecule is CNCCn1ccc(=O)cc1. The Hall–Kier alpha value is -1.09. The van der Waals surface area contributed by atoms with Gasteiger partial charge in [0.25, 0.3) is 0 Å². The van der Waals surface area contributed by atoms with Crippen LogP contribution in [0.15, 0.2) is 29.3 Å². The fourth-order valence-corrected chi connectivity index (χ4v) is 0.834. The number of rotatable bonds is 3. The van der Waals surface area contributed by atoms with Crippen LogP contribution < -0.4 is 10.7 Å². The fourth-order valence-electron chi connectivity index (χ4n) is 0.834. The van der Waals surface area contributed by atoms with Gasteiger partial charge in [0.2, 0.25) is 0 Å². The van der Waals surface area contributed by atoms with Crippen LogP contribution in [-0.4, -0.2) is 18.2 Å². The summed E-state index contributed by atoms with van der Waals surface area (Å²) in [6, 6.07) is 3.13. The molecule has 0 amide bonds. The van der Waals surface area contributed by atoms with Crippen molar-refractivity contribution in [3.8, 4) is 0 Å². The third kappa shape index (κ3) is 2.55. The molecule has 0 bridgehead atoms. The van der Waals surface area contributed by atoms with E-state index in [9.17, 15) is 4.79 Å². The molecule has 0 radical (unpaired) electrons. The lowest BCUT2D eigenvalue weighted by molar-refractivity contribution is 0.641. The first-order valence-electron chi connectivity index (χ1n) is 3.63. The molecule has 0 saturated heterocycles. The molecule has 0 saturated carbocycles. The summed E-state index contributed by atoms with van der Waals surface area (Å²) in [4.78, 5) is 10.7. The zero-order chi connectivity index (χ0) is 8.10. The fraction of sp³-hybridized carbons (Fsp3) is 0.375. The molecule has 0 aliphatic heterocycles. The molecule has 3 nitrogen and oxygen atoms in total. The van der Waals surface area contributed by atoms with Crippen molar-refractivity contribution >= 4 is 0 Å². The first kappa shape index (κ1) is 8.01. The standard InChI is InChI=1S/C8H12N2O/c1-9-4-7-10-5-2-8(11)3-6-10/h2-3,5-6,9H,4,7H2,1H3. The minimum atomic E-state index is 0.0608. The van der Waals surface area contributed by atoms with Crippen LogP contribution in [0.2, 0.25) is 0 Å². The highest BCUT2D eigenvalue weighted by molar-refractivity contribution is 4.93. The van der Waals surface area contributed by atoms with Gasteiger partial charge >= 0.3 is 0 Å². The average molecular weight is 152 g/mol. The summed E-state index contributed by atoms with van der Waals surface area (Å²) in [6.07, 6.45) is 3.58. The molecule has 1 aromatic rings. The van der Waals surface area contributed by atoms with Crippen molar-refractivity contribution in [1.29, 1.82) is 0 Å². The second kappa shape index (κ2) is 3.93. The molecule has 1 rings (SSSR count). The molecule has 1 aromatic heterocycles. The van der Waals surface area contributed by atoms with E-state index in [1.165, 1.54) is 0 Å². The Kier molecular flexibility index (Phi) is 2.86. The predicted octanol–water partition coefficient (Wildman–Crippen LogP) is 0.0677. The Labute approximate surface area is 65.7 Å². The molecule has 0 unspecified atom stereocenters. The predicted molar refractivity (Wildman–Crippen MR) is 44.6 cm³/mol. The Morgan fingerprint density at radius 2 is 2.09 bits per heavy atom. The molecule has 0 aliphatic carbocycles. The van der Waals surface area contributed by atoms with Crippen LogP contribution in [0, 0.1) is 0 Å². The normalized spacial score (nSPS) is 9.91. The van der Waals surface area contributed by atoms with Gasteiger partial charge in [-0.2, -0.15) is 0 Å². The van der Waals surface area contributed by atoms with Crippen LogP contribution in [0.1, 0.15) is 0 Å². The van der Waals surface area contributed by atoms with Crippen molar-refractivity contribution < 1.29 is 0 Å². The van der Waals surface area contributed by atoms with E-state index in [-0.39, 0.29) is 5.43 Å². The number of hydrogen-bond donors (Lipinski definition) is 1. The van der Waals surface area contributed by atoms with Crippen molar-refractivity contribution in [1.82, 2.24) is 9.88 Å². The highest BCUT2D eigenvalue weighted by atomic mass is 16.1. The zero-order valence-corrected chi connectivity index (χ0v) is 6.58. The summed E-state index contributed by atoms with van der Waals surface area (Å²) >= 11 is 0. The van der Waals surface area contributed by atoms with E-state index in [1.807, 2.05) is 11.6 Å². The van der Waals surface area contributed by atoms with E-state index in [1.54, 1.807) is 24.5 Å². The van der Waals surface area contributed by atoms with Gasteiger partial charge in [-0.3, -0.25) is 4.79 Å². The summed E-state index contributed by atoms with van der Waals surface area (Å²) in [5.41, 5.74) is 0.0608. The highest BCUT2D eigenvalue weighted by Gasteiger charge is 1.86. The van der Waals surface area contributed by atoms with E-state index >= 15 is 0 Å². The lowest BCUT2D eigenvalue weighted by Gasteiger charge is -2.03. The maximum Gasteiger partial charge on any atom is 0.181 e. The molecule has 1 heterocycles. The zero-order valence-electron chi connectivity index (χ0n) is 6.58. The molecule has 0 spiro atoms. The second-order valence-electron chi connectivity index (χ2n) is 2.38. The van der Waals surface area contributed by atoms with Gasteiger partial charge in [0, 0.05) is 37.6 Å². The van der Waals surface area contributed by atoms with E-state index in [4.69, 9.17) is 0 Å². The number of hydrogen-bond acceptors (Lipinski definition) is 2. The van der Waals surface area contributed by atoms with Gasteiger partial charge in [-0.05, 0) is 7.05 Å². The molecule has 11 heavy (non-hydrogen) atoms. The first-order valence-corrected chi connectivity index (χ1v) is 3.63. The maximum absolute atomic E-state index is 10.7. The smallest absolute Gasteiger partial charge is 0.181 e. The van der Waals surface area contributed by atoms with Crippen molar-refractivity contribution in [2.75, 3.05) is 13.6 Å². The van der Waals surface area contributed by atoms with Crippen molar-refractivity contribution in [3.05, 3.63) is 34.7 Å². The van der Waals surface area contributed by atoms with Gasteiger partial charge in [-0.25, -0.2) is 0 Å². The quantitative estimate of drug-likeness (QED) is 0.665. The van der Waals surface area contributed by atoms with Gasteiger partial charge in [0.05, 0.1) is 0 Å². The van der Waals surface area contributed by atoms with Crippen LogP contribution in [0.25, 0.3) is 0 Å². The Balaban J connectivity index is 2.59. The van der Waals surface area contributed by atoms with Gasteiger partial charge < -0.3 is 9.88 Å². The van der Waals surface area contributed by atoms with Crippen molar-refractivity contribution in [3.63, 3.8) is 0 Å². The second-order valence-corrected chi connectivity index (χ2v) is 2.38. The minimum Gasteiger partial charge on any atom is -0.353 e. The molecule has 0 fully saturated rings. The lowest BCUT2D eigenvalue weighted by atomic mass is 10.4. The van der Waals surface area contributed by atoms with Crippen LogP contribution in [0.4, 0.5) is 0 Å². The molecular formula is C8H12N2O. The van der Waals surface area contributed by atoms with Gasteiger partial charge in [-0.15, -0.1) is 0 Å². The van der Waals surface area contributed by atoms with Gasteiger partial charge in [0.1, 0.15) is 0 Å². The monoisotopic (exact) mass is 152 g/mol. The van der Waals surface area contributed by atoms with Crippen molar-refractivity contribution in [2.45, 2.75) is 6.54 Å². The maximum atomic E-state index is 10.7. The molecular weight excluding hydrogens is 140 g/mol. The molecule has 0 aromatic carbocycles. The third-order valence-electron chi connectivity index (χ3n) is 1.48. The molecule has 0 atom stereocenters. The van der Waals surface area contributed by atoms with Crippen LogP contribution in [0.5, 0.6) is 0 Å². The molecule has 1 N–H and O–H groups in total. The summed E-state index contributed by atoms with van der Waals surface area (Å²) in [7, 11) is 1.91. The topological polar surface area (TPSA) is 34.0 Å². The number of aromatic nitrogens is 1. The summed E-state index contributed by atoms with van der Waals surface area (Å²) in [5.74, 6) is 0. The van der Waals surface area contributed by atoms with E-state index < -0.39 is 0 Å². The van der Waals surface area contributed by atoms with Crippen LogP contribution >= 0.6 is 0 Å². The van der Waals surface area contributed by atoms with Crippen LogP contribution in [0.3, 0.4) is 0 Å².